The first-order valence-corrected chi connectivity index (χ1v) is 9.30. The van der Waals surface area contributed by atoms with Gasteiger partial charge in [0.05, 0.1) is 19.3 Å². The van der Waals surface area contributed by atoms with Crippen molar-refractivity contribution in [3.05, 3.63) is 35.4 Å². The molecular formula is C20H35N3O2. The summed E-state index contributed by atoms with van der Waals surface area (Å²) >= 11 is 0. The van der Waals surface area contributed by atoms with Gasteiger partial charge in [0.2, 0.25) is 5.91 Å². The normalized spacial score (nSPS) is 17.2. The van der Waals surface area contributed by atoms with Crippen LogP contribution in [0.4, 0.5) is 0 Å². The highest BCUT2D eigenvalue weighted by molar-refractivity contribution is 5.81. The molecule has 0 saturated carbocycles. The predicted octanol–water partition coefficient (Wildman–Crippen LogP) is 2.11. The number of ether oxygens (including phenoxy) is 1. The lowest BCUT2D eigenvalue weighted by atomic mass is 9.99. The summed E-state index contributed by atoms with van der Waals surface area (Å²) in [5.41, 5.74) is 8.50. The van der Waals surface area contributed by atoms with Gasteiger partial charge in [-0.2, -0.15) is 0 Å². The number of morpholine rings is 1. The molecular weight excluding hydrogens is 314 g/mol. The number of aryl methyl sites for hydroxylation is 2. The van der Waals surface area contributed by atoms with Gasteiger partial charge in [-0.25, -0.2) is 0 Å². The van der Waals surface area contributed by atoms with Gasteiger partial charge in [-0.15, -0.1) is 0 Å². The molecule has 1 aliphatic rings. The molecule has 3 N–H and O–H groups in total. The lowest BCUT2D eigenvalue weighted by Crippen LogP contribution is -2.47. The molecule has 0 aromatic heterocycles. The van der Waals surface area contributed by atoms with Gasteiger partial charge in [0.15, 0.2) is 0 Å². The predicted molar refractivity (Wildman–Crippen MR) is 104 cm³/mol. The van der Waals surface area contributed by atoms with E-state index in [1.165, 1.54) is 11.1 Å². The molecule has 2 atom stereocenters. The van der Waals surface area contributed by atoms with E-state index in [0.29, 0.717) is 6.54 Å². The van der Waals surface area contributed by atoms with Gasteiger partial charge in [0.25, 0.3) is 0 Å². The van der Waals surface area contributed by atoms with E-state index in [-0.39, 0.29) is 17.9 Å². The third-order valence-electron chi connectivity index (χ3n) is 4.61. The van der Waals surface area contributed by atoms with Crippen molar-refractivity contribution < 1.29 is 9.53 Å². The third kappa shape index (κ3) is 9.00. The molecule has 1 aromatic rings. The van der Waals surface area contributed by atoms with E-state index >= 15 is 0 Å². The fraction of sp³-hybridized carbons (Fsp3) is 0.650. The van der Waals surface area contributed by atoms with Crippen LogP contribution in [0.1, 0.15) is 31.4 Å². The Balaban J connectivity index is 0.000000324. The van der Waals surface area contributed by atoms with E-state index in [1.807, 2.05) is 13.8 Å². The van der Waals surface area contributed by atoms with Crippen LogP contribution in [0.3, 0.4) is 0 Å². The topological polar surface area (TPSA) is 67.6 Å². The molecule has 1 heterocycles. The summed E-state index contributed by atoms with van der Waals surface area (Å²) in [4.78, 5) is 14.0. The van der Waals surface area contributed by atoms with Gasteiger partial charge in [0.1, 0.15) is 0 Å². The van der Waals surface area contributed by atoms with Crippen molar-refractivity contribution in [3.8, 4) is 0 Å². The van der Waals surface area contributed by atoms with Crippen LogP contribution in [0.5, 0.6) is 0 Å². The average Bonchev–Trinajstić information content (AvgIpc) is 2.64. The van der Waals surface area contributed by atoms with Gasteiger partial charge in [0, 0.05) is 26.2 Å². The van der Waals surface area contributed by atoms with Gasteiger partial charge in [-0.3, -0.25) is 9.69 Å². The quantitative estimate of drug-likeness (QED) is 0.825. The SMILES string of the molecule is CCC(C)C(N)C(=O)NCCN1CCOCC1.Cc1ccc(C)cc1. The van der Waals surface area contributed by atoms with Crippen LogP contribution < -0.4 is 11.1 Å². The smallest absolute Gasteiger partial charge is 0.237 e. The van der Waals surface area contributed by atoms with Crippen molar-refractivity contribution in [1.29, 1.82) is 0 Å². The van der Waals surface area contributed by atoms with E-state index in [2.05, 4.69) is 48.3 Å². The maximum Gasteiger partial charge on any atom is 0.237 e. The van der Waals surface area contributed by atoms with Gasteiger partial charge >= 0.3 is 0 Å². The van der Waals surface area contributed by atoms with Crippen molar-refractivity contribution in [2.24, 2.45) is 11.7 Å². The number of nitrogens with one attached hydrogen (secondary N) is 1. The van der Waals surface area contributed by atoms with E-state index in [0.717, 1.165) is 39.3 Å². The molecule has 1 aliphatic heterocycles. The van der Waals surface area contributed by atoms with Gasteiger partial charge in [-0.05, 0) is 19.8 Å². The Bertz CT molecular complexity index is 463. The highest BCUT2D eigenvalue weighted by Gasteiger charge is 2.19. The Hall–Kier alpha value is -1.43. The fourth-order valence-electron chi connectivity index (χ4n) is 2.43. The van der Waals surface area contributed by atoms with Gasteiger partial charge < -0.3 is 15.8 Å². The third-order valence-corrected chi connectivity index (χ3v) is 4.61. The molecule has 0 radical (unpaired) electrons. The molecule has 0 bridgehead atoms. The Morgan fingerprint density at radius 2 is 1.72 bits per heavy atom. The minimum absolute atomic E-state index is 0.0346. The summed E-state index contributed by atoms with van der Waals surface area (Å²) in [5.74, 6) is 0.200. The lowest BCUT2D eigenvalue weighted by molar-refractivity contribution is -0.123. The van der Waals surface area contributed by atoms with Gasteiger partial charge in [-0.1, -0.05) is 55.7 Å². The molecule has 5 heteroatoms. The van der Waals surface area contributed by atoms with Crippen LogP contribution in [-0.2, 0) is 9.53 Å². The summed E-state index contributed by atoms with van der Waals surface area (Å²) in [6.45, 7) is 13.3. The van der Waals surface area contributed by atoms with E-state index in [9.17, 15) is 4.79 Å². The number of benzene rings is 1. The first-order chi connectivity index (χ1) is 11.9. The van der Waals surface area contributed by atoms with E-state index in [4.69, 9.17) is 10.5 Å². The van der Waals surface area contributed by atoms with Crippen molar-refractivity contribution in [1.82, 2.24) is 10.2 Å². The van der Waals surface area contributed by atoms with Crippen LogP contribution in [0.2, 0.25) is 0 Å². The van der Waals surface area contributed by atoms with Crippen LogP contribution >= 0.6 is 0 Å². The minimum atomic E-state index is -0.385. The highest BCUT2D eigenvalue weighted by Crippen LogP contribution is 2.05. The van der Waals surface area contributed by atoms with E-state index < -0.39 is 0 Å². The number of carbonyl (C=O) groups is 1. The highest BCUT2D eigenvalue weighted by atomic mass is 16.5. The van der Waals surface area contributed by atoms with Crippen molar-refractivity contribution in [2.75, 3.05) is 39.4 Å². The van der Waals surface area contributed by atoms with Crippen LogP contribution in [0, 0.1) is 19.8 Å². The molecule has 25 heavy (non-hydrogen) atoms. The Kier molecular flexibility index (Phi) is 10.4. The summed E-state index contributed by atoms with van der Waals surface area (Å²) in [5, 5.41) is 2.90. The van der Waals surface area contributed by atoms with Crippen molar-refractivity contribution >= 4 is 5.91 Å². The number of hydrogen-bond acceptors (Lipinski definition) is 4. The Morgan fingerprint density at radius 1 is 1.20 bits per heavy atom. The number of carbonyl (C=O) groups excluding carboxylic acids is 1. The largest absolute Gasteiger partial charge is 0.379 e. The first-order valence-electron chi connectivity index (χ1n) is 9.30. The number of amides is 1. The first kappa shape index (κ1) is 21.6. The monoisotopic (exact) mass is 349 g/mol. The van der Waals surface area contributed by atoms with Crippen molar-refractivity contribution in [3.63, 3.8) is 0 Å². The summed E-state index contributed by atoms with van der Waals surface area (Å²) in [6.07, 6.45) is 0.929. The second kappa shape index (κ2) is 12.0. The molecule has 1 fully saturated rings. The molecule has 1 aromatic carbocycles. The molecule has 0 spiro atoms. The standard InChI is InChI=1S/C12H25N3O2.C8H10/c1-3-10(2)11(13)12(16)14-4-5-15-6-8-17-9-7-15;1-7-3-5-8(2)6-4-7/h10-11H,3-9,13H2,1-2H3,(H,14,16);3-6H,1-2H3. The van der Waals surface area contributed by atoms with Crippen LogP contribution in [0.15, 0.2) is 24.3 Å². The maximum atomic E-state index is 11.7. The second-order valence-corrected chi connectivity index (χ2v) is 6.81. The molecule has 2 unspecified atom stereocenters. The number of nitrogens with two attached hydrogens (primary N) is 1. The van der Waals surface area contributed by atoms with Crippen molar-refractivity contribution in [2.45, 2.75) is 40.2 Å². The zero-order valence-corrected chi connectivity index (χ0v) is 16.3. The van der Waals surface area contributed by atoms with Crippen LogP contribution in [0.25, 0.3) is 0 Å². The average molecular weight is 350 g/mol. The number of rotatable bonds is 6. The zero-order chi connectivity index (χ0) is 18.7. The second-order valence-electron chi connectivity index (χ2n) is 6.81. The minimum Gasteiger partial charge on any atom is -0.379 e. The summed E-state index contributed by atoms with van der Waals surface area (Å²) < 4.78 is 5.26. The molecule has 0 aliphatic carbocycles. The maximum absolute atomic E-state index is 11.7. The Morgan fingerprint density at radius 3 is 2.20 bits per heavy atom. The Labute approximate surface area is 152 Å². The molecule has 142 valence electrons. The summed E-state index contributed by atoms with van der Waals surface area (Å²) in [6, 6.07) is 8.10. The number of nitrogens with zero attached hydrogens (tertiary/aromatic N) is 1. The molecule has 2 rings (SSSR count). The summed E-state index contributed by atoms with van der Waals surface area (Å²) in [7, 11) is 0. The van der Waals surface area contributed by atoms with Crippen LogP contribution in [-0.4, -0.2) is 56.2 Å². The zero-order valence-electron chi connectivity index (χ0n) is 16.3. The molecule has 5 nitrogen and oxygen atoms in total. The fourth-order valence-corrected chi connectivity index (χ4v) is 2.43. The van der Waals surface area contributed by atoms with E-state index in [1.54, 1.807) is 0 Å². The lowest BCUT2D eigenvalue weighted by Gasteiger charge is -2.27. The molecule has 1 amide bonds. The number of hydrogen-bond donors (Lipinski definition) is 2. The molecule has 1 saturated heterocycles.